The van der Waals surface area contributed by atoms with E-state index in [1.54, 1.807) is 19.9 Å². The average molecular weight is 373 g/mol. The number of ether oxygens (including phenoxy) is 1. The summed E-state index contributed by atoms with van der Waals surface area (Å²) in [6.45, 7) is 15.7. The van der Waals surface area contributed by atoms with Crippen LogP contribution in [-0.2, 0) is 9.74 Å². The lowest BCUT2D eigenvalue weighted by molar-refractivity contribution is -0.110. The smallest absolute Gasteiger partial charge is 0.386 e. The fourth-order valence-electron chi connectivity index (χ4n) is 1.49. The van der Waals surface area contributed by atoms with E-state index < -0.39 is 11.5 Å². The predicted molar refractivity (Wildman–Crippen MR) is 100 cm³/mol. The van der Waals surface area contributed by atoms with Crippen molar-refractivity contribution in [3.63, 3.8) is 0 Å². The molecule has 0 atom stereocenters. The van der Waals surface area contributed by atoms with E-state index in [2.05, 4.69) is 15.4 Å². The summed E-state index contributed by atoms with van der Waals surface area (Å²) < 4.78 is 18.9. The van der Waals surface area contributed by atoms with Crippen molar-refractivity contribution in [1.29, 1.82) is 0 Å². The highest BCUT2D eigenvalue weighted by molar-refractivity contribution is 5.91. The first kappa shape index (κ1) is 25.9. The maximum Gasteiger partial charge on any atom is 0.386 e. The molecule has 1 aromatic heterocycles. The first-order valence-electron chi connectivity index (χ1n) is 8.74. The zero-order valence-electron chi connectivity index (χ0n) is 17.0. The molecule has 0 saturated heterocycles. The second-order valence-electron chi connectivity index (χ2n) is 5.68. The van der Waals surface area contributed by atoms with Gasteiger partial charge in [-0.25, -0.2) is 14.4 Å². The topological polar surface area (TPSA) is 82.4 Å². The second kappa shape index (κ2) is 13.9. The minimum absolute atomic E-state index is 0.0782. The van der Waals surface area contributed by atoms with E-state index in [0.29, 0.717) is 13.0 Å². The van der Waals surface area contributed by atoms with Gasteiger partial charge in [-0.2, -0.15) is 5.10 Å². The van der Waals surface area contributed by atoms with Crippen LogP contribution < -0.4 is 10.1 Å². The Morgan fingerprint density at radius 3 is 2.38 bits per heavy atom. The highest BCUT2D eigenvalue weighted by Gasteiger charge is 2.21. The Balaban J connectivity index is 0. The third-order valence-corrected chi connectivity index (χ3v) is 2.66. The number of aromatic nitrogens is 2. The molecule has 0 spiro atoms. The van der Waals surface area contributed by atoms with Crippen LogP contribution in [0.1, 0.15) is 65.7 Å². The Morgan fingerprint density at radius 1 is 1.35 bits per heavy atom. The Bertz CT molecular complexity index is 555. The summed E-state index contributed by atoms with van der Waals surface area (Å²) in [5.74, 6) is -0.895. The van der Waals surface area contributed by atoms with Crippen LogP contribution in [0.4, 0.5) is 4.53 Å². The van der Waals surface area contributed by atoms with Crippen LogP contribution in [0.2, 0.25) is 0 Å². The molecule has 8 heteroatoms. The van der Waals surface area contributed by atoms with Crippen molar-refractivity contribution >= 4 is 18.6 Å². The lowest BCUT2D eigenvalue weighted by atomic mass is 10.1. The maximum absolute atomic E-state index is 12.1. The number of rotatable bonds is 8. The first-order chi connectivity index (χ1) is 12.3. The van der Waals surface area contributed by atoms with Gasteiger partial charge in [0.2, 0.25) is 12.3 Å². The lowest BCUT2D eigenvalue weighted by Crippen LogP contribution is -2.35. The number of amides is 1. The highest BCUT2D eigenvalue weighted by Crippen LogP contribution is 2.21. The molecule has 0 aromatic carbocycles. The van der Waals surface area contributed by atoms with Crippen LogP contribution in [0.5, 0.6) is 5.88 Å². The molecule has 1 heterocycles. The summed E-state index contributed by atoms with van der Waals surface area (Å²) in [4.78, 5) is 25.1. The van der Waals surface area contributed by atoms with Gasteiger partial charge in [-0.3, -0.25) is 4.79 Å². The summed E-state index contributed by atoms with van der Waals surface area (Å²) in [5, 5.41) is 6.55. The zero-order valence-corrected chi connectivity index (χ0v) is 17.0. The van der Waals surface area contributed by atoms with Crippen molar-refractivity contribution in [2.75, 3.05) is 6.61 Å². The van der Waals surface area contributed by atoms with Crippen molar-refractivity contribution in [1.82, 2.24) is 15.1 Å². The van der Waals surface area contributed by atoms with Crippen molar-refractivity contribution in [3.05, 3.63) is 17.8 Å². The van der Waals surface area contributed by atoms with Crippen molar-refractivity contribution in [2.45, 2.75) is 60.9 Å². The molecular formula is C18H32FN3O4. The van der Waals surface area contributed by atoms with Crippen LogP contribution in [0, 0.1) is 5.92 Å². The molecule has 1 amide bonds. The quantitative estimate of drug-likeness (QED) is 0.696. The molecule has 0 aliphatic rings. The standard InChI is InChI=1S/C14H20FN3O4.2C2H6/c1-10(2)8-21-12-11(13(20)22-15)7-17-18(12)6-5-14(3,4)16-9-19;2*1-2/h5-7,9-10H,8H2,1-4H3,(H,16,19);2*1-2H3/b6-5+;;. The normalized spacial score (nSPS) is 10.4. The molecule has 0 unspecified atom stereocenters. The predicted octanol–water partition coefficient (Wildman–Crippen LogP) is 4.01. The maximum atomic E-state index is 12.1. The number of hydrogen-bond acceptors (Lipinski definition) is 5. The van der Waals surface area contributed by atoms with E-state index in [4.69, 9.17) is 4.74 Å². The number of nitrogens with zero attached hydrogens (tertiary/aromatic N) is 2. The zero-order chi connectivity index (χ0) is 20.8. The van der Waals surface area contributed by atoms with Crippen molar-refractivity contribution < 1.29 is 23.8 Å². The SMILES string of the molecule is CC.CC.CC(C)COc1c(C(=O)OF)cnn1/C=C/C(C)(C)NC=O. The average Bonchev–Trinajstić information content (AvgIpc) is 3.04. The number of carbonyl (C=O) groups excluding carboxylic acids is 2. The number of halogens is 1. The third-order valence-electron chi connectivity index (χ3n) is 2.66. The van der Waals surface area contributed by atoms with Gasteiger partial charge < -0.3 is 10.1 Å². The van der Waals surface area contributed by atoms with E-state index in [-0.39, 0.29) is 17.4 Å². The summed E-state index contributed by atoms with van der Waals surface area (Å²) in [7, 11) is 0. The minimum Gasteiger partial charge on any atom is -0.477 e. The Kier molecular flexibility index (Phi) is 13.8. The molecule has 0 saturated carbocycles. The first-order valence-corrected chi connectivity index (χ1v) is 8.74. The molecule has 150 valence electrons. The van der Waals surface area contributed by atoms with Gasteiger partial charge in [0.1, 0.15) is 5.56 Å². The Labute approximate surface area is 155 Å². The molecule has 0 aliphatic heterocycles. The van der Waals surface area contributed by atoms with E-state index in [1.807, 2.05) is 41.5 Å². The molecule has 1 aromatic rings. The van der Waals surface area contributed by atoms with E-state index in [0.717, 1.165) is 6.20 Å². The van der Waals surface area contributed by atoms with E-state index in [9.17, 15) is 14.1 Å². The van der Waals surface area contributed by atoms with Gasteiger partial charge in [-0.15, -0.1) is 0 Å². The molecule has 1 rings (SSSR count). The van der Waals surface area contributed by atoms with Crippen molar-refractivity contribution in [2.24, 2.45) is 5.92 Å². The molecule has 0 bridgehead atoms. The van der Waals surface area contributed by atoms with E-state index in [1.165, 1.54) is 10.9 Å². The van der Waals surface area contributed by atoms with Crippen LogP contribution in [0.25, 0.3) is 6.20 Å². The fraction of sp³-hybridized carbons (Fsp3) is 0.611. The van der Waals surface area contributed by atoms with Crippen LogP contribution >= 0.6 is 0 Å². The van der Waals surface area contributed by atoms with Crippen LogP contribution in [0.15, 0.2) is 12.3 Å². The van der Waals surface area contributed by atoms with Gasteiger partial charge in [0, 0.05) is 10.7 Å². The molecule has 1 N–H and O–H groups in total. The number of nitrogens with one attached hydrogen (secondary N) is 1. The van der Waals surface area contributed by atoms with Gasteiger partial charge in [0.25, 0.3) is 0 Å². The summed E-state index contributed by atoms with van der Waals surface area (Å²) in [6, 6.07) is 0. The monoisotopic (exact) mass is 373 g/mol. The van der Waals surface area contributed by atoms with Gasteiger partial charge in [-0.1, -0.05) is 41.5 Å². The summed E-state index contributed by atoms with van der Waals surface area (Å²) >= 11 is 0. The molecular weight excluding hydrogens is 341 g/mol. The molecule has 0 aliphatic carbocycles. The summed E-state index contributed by atoms with van der Waals surface area (Å²) in [6.07, 6.45) is 4.90. The van der Waals surface area contributed by atoms with Gasteiger partial charge >= 0.3 is 5.97 Å². The molecule has 26 heavy (non-hydrogen) atoms. The molecule has 0 fully saturated rings. The number of carbonyl (C=O) groups is 2. The largest absolute Gasteiger partial charge is 0.477 e. The second-order valence-corrected chi connectivity index (χ2v) is 5.68. The van der Waals surface area contributed by atoms with E-state index >= 15 is 0 Å². The summed E-state index contributed by atoms with van der Waals surface area (Å²) in [5.41, 5.74) is -0.738. The van der Waals surface area contributed by atoms with Crippen LogP contribution in [0.3, 0.4) is 0 Å². The lowest BCUT2D eigenvalue weighted by Gasteiger charge is -2.18. The number of hydrogen-bond donors (Lipinski definition) is 1. The molecule has 7 nitrogen and oxygen atoms in total. The van der Waals surface area contributed by atoms with Gasteiger partial charge in [0.15, 0.2) is 0 Å². The van der Waals surface area contributed by atoms with Gasteiger partial charge in [-0.05, 0) is 25.8 Å². The fourth-order valence-corrected chi connectivity index (χ4v) is 1.49. The van der Waals surface area contributed by atoms with Crippen LogP contribution in [-0.4, -0.2) is 34.3 Å². The Morgan fingerprint density at radius 2 is 1.92 bits per heavy atom. The minimum atomic E-state index is -1.18. The third kappa shape index (κ3) is 9.19. The Hall–Kier alpha value is -2.38. The van der Waals surface area contributed by atoms with Gasteiger partial charge in [0.05, 0.1) is 18.3 Å². The highest BCUT2D eigenvalue weighted by atomic mass is 19.3. The van der Waals surface area contributed by atoms with Crippen molar-refractivity contribution in [3.8, 4) is 5.88 Å². The molecule has 0 radical (unpaired) electrons.